The van der Waals surface area contributed by atoms with E-state index in [1.165, 1.54) is 17.0 Å². The van der Waals surface area contributed by atoms with Crippen LogP contribution in [0.15, 0.2) is 70.5 Å². The van der Waals surface area contributed by atoms with Gasteiger partial charge in [0.25, 0.3) is 0 Å². The quantitative estimate of drug-likeness (QED) is 0.668. The van der Waals surface area contributed by atoms with E-state index >= 15 is 0 Å². The number of nitrogens with zero attached hydrogens (tertiary/aromatic N) is 2. The molecule has 1 aromatic heterocycles. The number of carbonyl (C=O) groups excluding carboxylic acids is 1. The Hall–Kier alpha value is -3.41. The Kier molecular flexibility index (Phi) is 5.89. The predicted molar refractivity (Wildman–Crippen MR) is 108 cm³/mol. The molecule has 2 aromatic carbocycles. The van der Waals surface area contributed by atoms with Gasteiger partial charge >= 0.3 is 11.1 Å². The van der Waals surface area contributed by atoms with Crippen molar-refractivity contribution in [3.63, 3.8) is 0 Å². The van der Waals surface area contributed by atoms with Crippen LogP contribution < -0.4 is 16.4 Å². The highest BCUT2D eigenvalue weighted by atomic mass is 16.2. The average molecular weight is 377 g/mol. The predicted octanol–water partition coefficient (Wildman–Crippen LogP) is 1.99. The molecule has 0 aliphatic rings. The molecular formula is C22H23N3O3. The minimum atomic E-state index is -0.708. The highest BCUT2D eigenvalue weighted by molar-refractivity contribution is 5.75. The molecule has 6 nitrogen and oxygen atoms in total. The molecule has 0 unspecified atom stereocenters. The van der Waals surface area contributed by atoms with Crippen LogP contribution in [-0.4, -0.2) is 15.0 Å². The number of nitrogens with one attached hydrogen (secondary N) is 1. The fourth-order valence-corrected chi connectivity index (χ4v) is 2.80. The molecule has 6 heteroatoms. The van der Waals surface area contributed by atoms with E-state index in [2.05, 4.69) is 5.32 Å². The molecule has 1 amide bonds. The van der Waals surface area contributed by atoms with E-state index in [1.807, 2.05) is 62.4 Å². The summed E-state index contributed by atoms with van der Waals surface area (Å²) < 4.78 is 2.49. The summed E-state index contributed by atoms with van der Waals surface area (Å²) in [5.41, 5.74) is 2.83. The lowest BCUT2D eigenvalue weighted by atomic mass is 10.1. The molecular weight excluding hydrogens is 354 g/mol. The van der Waals surface area contributed by atoms with Gasteiger partial charge in [0.2, 0.25) is 5.91 Å². The third-order valence-electron chi connectivity index (χ3n) is 4.53. The Morgan fingerprint density at radius 3 is 1.89 bits per heavy atom. The van der Waals surface area contributed by atoms with Crippen molar-refractivity contribution in [2.24, 2.45) is 0 Å². The topological polar surface area (TPSA) is 73.1 Å². The second-order valence-electron chi connectivity index (χ2n) is 6.91. The normalized spacial score (nSPS) is 10.6. The molecule has 0 aliphatic carbocycles. The lowest BCUT2D eigenvalue weighted by molar-refractivity contribution is -0.121. The lowest BCUT2D eigenvalue weighted by Gasteiger charge is -2.10. The maximum absolute atomic E-state index is 12.4. The third-order valence-corrected chi connectivity index (χ3v) is 4.53. The van der Waals surface area contributed by atoms with Crippen molar-refractivity contribution in [2.75, 3.05) is 0 Å². The molecule has 0 fully saturated rings. The van der Waals surface area contributed by atoms with Gasteiger partial charge < -0.3 is 9.88 Å². The molecule has 0 saturated heterocycles. The van der Waals surface area contributed by atoms with Crippen LogP contribution in [-0.2, 0) is 24.4 Å². The van der Waals surface area contributed by atoms with E-state index in [9.17, 15) is 14.4 Å². The average Bonchev–Trinajstić information content (AvgIpc) is 2.69. The second kappa shape index (κ2) is 8.52. The summed E-state index contributed by atoms with van der Waals surface area (Å²) in [6.07, 6.45) is 3.01. The molecule has 1 heterocycles. The first-order chi connectivity index (χ1) is 13.4. The largest absolute Gasteiger partial charge is 0.350 e. The number of benzene rings is 2. The van der Waals surface area contributed by atoms with Gasteiger partial charge in [0.15, 0.2) is 0 Å². The summed E-state index contributed by atoms with van der Waals surface area (Å²) in [4.78, 5) is 36.8. The summed E-state index contributed by atoms with van der Waals surface area (Å²) in [5, 5.41) is 2.77. The molecule has 3 aromatic rings. The highest BCUT2D eigenvalue weighted by Crippen LogP contribution is 2.04. The Morgan fingerprint density at radius 1 is 0.786 bits per heavy atom. The number of rotatable bonds is 6. The first-order valence-electron chi connectivity index (χ1n) is 9.10. The van der Waals surface area contributed by atoms with E-state index in [4.69, 9.17) is 0 Å². The molecule has 28 heavy (non-hydrogen) atoms. The summed E-state index contributed by atoms with van der Waals surface area (Å²) in [7, 11) is 0. The summed E-state index contributed by atoms with van der Waals surface area (Å²) in [5.74, 6) is -0.321. The number of aromatic nitrogens is 2. The van der Waals surface area contributed by atoms with Gasteiger partial charge in [-0.2, -0.15) is 0 Å². The van der Waals surface area contributed by atoms with Gasteiger partial charge in [0.05, 0.1) is 6.54 Å². The van der Waals surface area contributed by atoms with Crippen molar-refractivity contribution in [2.45, 2.75) is 33.5 Å². The van der Waals surface area contributed by atoms with Crippen molar-refractivity contribution in [1.29, 1.82) is 0 Å². The lowest BCUT2D eigenvalue weighted by Crippen LogP contribution is -2.43. The maximum atomic E-state index is 12.4. The van der Waals surface area contributed by atoms with Crippen molar-refractivity contribution in [1.82, 2.24) is 14.5 Å². The van der Waals surface area contributed by atoms with Gasteiger partial charge in [0, 0.05) is 18.9 Å². The van der Waals surface area contributed by atoms with Gasteiger partial charge in [-0.1, -0.05) is 59.7 Å². The van der Waals surface area contributed by atoms with Crippen LogP contribution in [0.3, 0.4) is 0 Å². The molecule has 3 rings (SSSR count). The van der Waals surface area contributed by atoms with E-state index in [0.29, 0.717) is 13.1 Å². The zero-order chi connectivity index (χ0) is 20.1. The molecule has 0 spiro atoms. The van der Waals surface area contributed by atoms with Crippen molar-refractivity contribution in [3.8, 4) is 0 Å². The van der Waals surface area contributed by atoms with E-state index in [-0.39, 0.29) is 12.5 Å². The van der Waals surface area contributed by atoms with Crippen LogP contribution >= 0.6 is 0 Å². The molecule has 144 valence electrons. The van der Waals surface area contributed by atoms with Gasteiger partial charge in [-0.25, -0.2) is 0 Å². The molecule has 0 bridgehead atoms. The van der Waals surface area contributed by atoms with Crippen LogP contribution in [0.25, 0.3) is 0 Å². The monoisotopic (exact) mass is 377 g/mol. The number of amides is 1. The van der Waals surface area contributed by atoms with Crippen LogP contribution in [0.1, 0.15) is 22.3 Å². The SMILES string of the molecule is Cc1ccc(CNC(=O)Cn2ccn(Cc3ccc(C)cc3)c(=O)c2=O)cc1. The van der Waals surface area contributed by atoms with Gasteiger partial charge in [-0.15, -0.1) is 0 Å². The van der Waals surface area contributed by atoms with E-state index in [1.54, 1.807) is 0 Å². The van der Waals surface area contributed by atoms with Crippen molar-refractivity contribution in [3.05, 3.63) is 104 Å². The maximum Gasteiger partial charge on any atom is 0.316 e. The summed E-state index contributed by atoms with van der Waals surface area (Å²) in [6, 6.07) is 15.6. The standard InChI is InChI=1S/C22H23N3O3/c1-16-3-7-18(8-4-16)13-23-20(26)15-25-12-11-24(21(27)22(25)28)14-19-9-5-17(2)6-10-19/h3-12H,13-15H2,1-2H3,(H,23,26). The number of hydrogen-bond donors (Lipinski definition) is 1. The summed E-state index contributed by atoms with van der Waals surface area (Å²) >= 11 is 0. The number of hydrogen-bond acceptors (Lipinski definition) is 3. The molecule has 0 atom stereocenters. The number of aryl methyl sites for hydroxylation is 2. The van der Waals surface area contributed by atoms with Crippen LogP contribution in [0, 0.1) is 13.8 Å². The Morgan fingerprint density at radius 2 is 1.29 bits per heavy atom. The van der Waals surface area contributed by atoms with Crippen molar-refractivity contribution < 1.29 is 4.79 Å². The first-order valence-corrected chi connectivity index (χ1v) is 9.10. The fourth-order valence-electron chi connectivity index (χ4n) is 2.80. The minimum Gasteiger partial charge on any atom is -0.350 e. The molecule has 1 N–H and O–H groups in total. The van der Waals surface area contributed by atoms with Gasteiger partial charge in [-0.05, 0) is 25.0 Å². The zero-order valence-electron chi connectivity index (χ0n) is 16.0. The third kappa shape index (κ3) is 4.85. The van der Waals surface area contributed by atoms with Crippen LogP contribution in [0.4, 0.5) is 0 Å². The molecule has 0 aliphatic heterocycles. The Labute approximate surface area is 163 Å². The Bertz CT molecular complexity index is 1080. The number of carbonyl (C=O) groups is 1. The smallest absolute Gasteiger partial charge is 0.316 e. The van der Waals surface area contributed by atoms with Crippen LogP contribution in [0.2, 0.25) is 0 Å². The highest BCUT2D eigenvalue weighted by Gasteiger charge is 2.09. The first kappa shape index (κ1) is 19.4. The minimum absolute atomic E-state index is 0.189. The molecule has 0 radical (unpaired) electrons. The second-order valence-corrected chi connectivity index (χ2v) is 6.91. The van der Waals surface area contributed by atoms with Crippen molar-refractivity contribution >= 4 is 5.91 Å². The summed E-state index contributed by atoms with van der Waals surface area (Å²) in [6.45, 7) is 4.48. The van der Waals surface area contributed by atoms with Crippen LogP contribution in [0.5, 0.6) is 0 Å². The Balaban J connectivity index is 1.65. The van der Waals surface area contributed by atoms with E-state index in [0.717, 1.165) is 26.8 Å². The fraction of sp³-hybridized carbons (Fsp3) is 0.227. The molecule has 0 saturated carbocycles. The van der Waals surface area contributed by atoms with E-state index < -0.39 is 11.1 Å². The zero-order valence-corrected chi connectivity index (χ0v) is 16.0. The van der Waals surface area contributed by atoms with Gasteiger partial charge in [-0.3, -0.25) is 19.0 Å². The van der Waals surface area contributed by atoms with Gasteiger partial charge in [0.1, 0.15) is 6.54 Å².